The smallest absolute Gasteiger partial charge is 0.360 e. The van der Waals surface area contributed by atoms with Crippen molar-refractivity contribution >= 4 is 27.6 Å². The van der Waals surface area contributed by atoms with E-state index in [0.717, 1.165) is 10.2 Å². The summed E-state index contributed by atoms with van der Waals surface area (Å²) in [4.78, 5) is 15.3. The summed E-state index contributed by atoms with van der Waals surface area (Å²) in [6.45, 7) is 0. The van der Waals surface area contributed by atoms with Crippen LogP contribution in [0.15, 0.2) is 29.1 Å². The molecule has 0 aromatic carbocycles. The average molecular weight is 297 g/mol. The van der Waals surface area contributed by atoms with Gasteiger partial charge in [-0.25, -0.2) is 9.48 Å². The number of ether oxygens (including phenoxy) is 1. The zero-order chi connectivity index (χ0) is 12.4. The van der Waals surface area contributed by atoms with Crippen LogP contribution in [0.1, 0.15) is 10.5 Å². The van der Waals surface area contributed by atoms with Crippen LogP contribution in [-0.2, 0) is 4.74 Å². The quantitative estimate of drug-likeness (QED) is 0.847. The summed E-state index contributed by atoms with van der Waals surface area (Å²) in [5, 5.41) is 4.07. The fourth-order valence-corrected chi connectivity index (χ4v) is 1.75. The minimum absolute atomic E-state index is 0.0937. The van der Waals surface area contributed by atoms with Crippen molar-refractivity contribution in [3.05, 3.63) is 34.8 Å². The molecular weight excluding hydrogens is 288 g/mol. The van der Waals surface area contributed by atoms with Gasteiger partial charge in [0.15, 0.2) is 5.69 Å². The van der Waals surface area contributed by atoms with Crippen molar-refractivity contribution in [1.29, 1.82) is 0 Å². The summed E-state index contributed by atoms with van der Waals surface area (Å²) in [7, 11) is 1.28. The number of pyridine rings is 1. The molecule has 88 valence electrons. The van der Waals surface area contributed by atoms with Gasteiger partial charge in [-0.15, -0.1) is 0 Å². The Labute approximate surface area is 106 Å². The first-order valence-corrected chi connectivity index (χ1v) is 5.46. The molecule has 0 fully saturated rings. The molecule has 7 heteroatoms. The van der Waals surface area contributed by atoms with E-state index in [1.165, 1.54) is 11.8 Å². The van der Waals surface area contributed by atoms with E-state index in [9.17, 15) is 4.79 Å². The van der Waals surface area contributed by atoms with Gasteiger partial charge in [-0.3, -0.25) is 4.98 Å². The predicted molar refractivity (Wildman–Crippen MR) is 64.8 cm³/mol. The highest BCUT2D eigenvalue weighted by molar-refractivity contribution is 9.10. The second-order valence-electron chi connectivity index (χ2n) is 3.20. The highest BCUT2D eigenvalue weighted by atomic mass is 79.9. The SMILES string of the molecule is COC(=O)c1nn(-c2ccncc2Br)cc1N. The number of anilines is 1. The van der Waals surface area contributed by atoms with E-state index in [0.29, 0.717) is 0 Å². The third-order valence-corrected chi connectivity index (χ3v) is 2.73. The number of halogens is 1. The first-order chi connectivity index (χ1) is 8.13. The number of nitrogens with two attached hydrogens (primary N) is 1. The molecule has 2 aromatic heterocycles. The maximum absolute atomic E-state index is 11.4. The Bertz CT molecular complexity index is 567. The van der Waals surface area contributed by atoms with E-state index in [-0.39, 0.29) is 11.4 Å². The molecule has 2 N–H and O–H groups in total. The number of nitrogens with zero attached hydrogens (tertiary/aromatic N) is 3. The lowest BCUT2D eigenvalue weighted by atomic mass is 10.4. The molecule has 0 saturated carbocycles. The van der Waals surface area contributed by atoms with E-state index in [4.69, 9.17) is 5.73 Å². The van der Waals surface area contributed by atoms with Crippen LogP contribution in [0.2, 0.25) is 0 Å². The molecule has 2 rings (SSSR count). The lowest BCUT2D eigenvalue weighted by Gasteiger charge is -2.02. The van der Waals surface area contributed by atoms with Gasteiger partial charge in [-0.05, 0) is 22.0 Å². The topological polar surface area (TPSA) is 83.0 Å². The van der Waals surface area contributed by atoms with Crippen molar-refractivity contribution in [2.24, 2.45) is 0 Å². The van der Waals surface area contributed by atoms with E-state index in [1.807, 2.05) is 0 Å². The standard InChI is InChI=1S/C10H9BrN4O2/c1-17-10(16)9-7(12)5-15(14-9)8-2-3-13-4-6(8)11/h2-5H,12H2,1H3. The van der Waals surface area contributed by atoms with Crippen LogP contribution in [0.3, 0.4) is 0 Å². The Balaban J connectivity index is 2.49. The zero-order valence-corrected chi connectivity index (χ0v) is 10.5. The van der Waals surface area contributed by atoms with Crippen molar-refractivity contribution < 1.29 is 9.53 Å². The summed E-state index contributed by atoms with van der Waals surface area (Å²) in [6.07, 6.45) is 4.80. The third-order valence-electron chi connectivity index (χ3n) is 2.12. The molecule has 0 unspecified atom stereocenters. The molecule has 2 aromatic rings. The van der Waals surface area contributed by atoms with Crippen LogP contribution >= 0.6 is 15.9 Å². The zero-order valence-electron chi connectivity index (χ0n) is 8.92. The fraction of sp³-hybridized carbons (Fsp3) is 0.100. The van der Waals surface area contributed by atoms with Gasteiger partial charge < -0.3 is 10.5 Å². The summed E-state index contributed by atoms with van der Waals surface area (Å²) in [5.74, 6) is -0.563. The summed E-state index contributed by atoms with van der Waals surface area (Å²) < 4.78 is 6.82. The molecule has 17 heavy (non-hydrogen) atoms. The summed E-state index contributed by atoms with van der Waals surface area (Å²) >= 11 is 3.34. The molecule has 0 aliphatic rings. The van der Waals surface area contributed by atoms with Crippen LogP contribution in [0.5, 0.6) is 0 Å². The molecule has 0 spiro atoms. The maximum Gasteiger partial charge on any atom is 0.360 e. The lowest BCUT2D eigenvalue weighted by molar-refractivity contribution is 0.0594. The highest BCUT2D eigenvalue weighted by Crippen LogP contribution is 2.21. The van der Waals surface area contributed by atoms with Crippen molar-refractivity contribution in [3.63, 3.8) is 0 Å². The van der Waals surface area contributed by atoms with Crippen LogP contribution in [0, 0.1) is 0 Å². The van der Waals surface area contributed by atoms with Gasteiger partial charge in [0.25, 0.3) is 0 Å². The molecule has 0 atom stereocenters. The van der Waals surface area contributed by atoms with Gasteiger partial charge in [0.1, 0.15) is 0 Å². The third kappa shape index (κ3) is 2.14. The molecule has 0 saturated heterocycles. The number of hydrogen-bond donors (Lipinski definition) is 1. The molecule has 0 aliphatic carbocycles. The summed E-state index contributed by atoms with van der Waals surface area (Å²) in [6, 6.07) is 1.75. The predicted octanol–water partition coefficient (Wildman–Crippen LogP) is 1.40. The molecule has 0 bridgehead atoms. The fourth-order valence-electron chi connectivity index (χ4n) is 1.32. The van der Waals surface area contributed by atoms with E-state index >= 15 is 0 Å². The van der Waals surface area contributed by atoms with E-state index in [2.05, 4.69) is 30.7 Å². The maximum atomic E-state index is 11.4. The van der Waals surface area contributed by atoms with Crippen LogP contribution in [0.4, 0.5) is 5.69 Å². The van der Waals surface area contributed by atoms with Gasteiger partial charge in [0, 0.05) is 12.4 Å². The highest BCUT2D eigenvalue weighted by Gasteiger charge is 2.16. The van der Waals surface area contributed by atoms with Crippen molar-refractivity contribution in [2.75, 3.05) is 12.8 Å². The molecule has 2 heterocycles. The minimum Gasteiger partial charge on any atom is -0.464 e. The van der Waals surface area contributed by atoms with Gasteiger partial charge in [0.2, 0.25) is 0 Å². The Kier molecular flexibility index (Phi) is 3.10. The second-order valence-corrected chi connectivity index (χ2v) is 4.05. The van der Waals surface area contributed by atoms with Crippen LogP contribution < -0.4 is 5.73 Å². The Morgan fingerprint density at radius 1 is 1.59 bits per heavy atom. The summed E-state index contributed by atoms with van der Waals surface area (Å²) in [5.41, 5.74) is 6.79. The monoisotopic (exact) mass is 296 g/mol. The first-order valence-electron chi connectivity index (χ1n) is 4.67. The Hall–Kier alpha value is -1.89. The number of carbonyl (C=O) groups is 1. The number of hydrogen-bond acceptors (Lipinski definition) is 5. The molecular formula is C10H9BrN4O2. The lowest BCUT2D eigenvalue weighted by Crippen LogP contribution is -2.06. The number of carbonyl (C=O) groups excluding carboxylic acids is 1. The molecule has 0 radical (unpaired) electrons. The van der Waals surface area contributed by atoms with Crippen LogP contribution in [0.25, 0.3) is 5.69 Å². The number of rotatable bonds is 2. The largest absolute Gasteiger partial charge is 0.464 e. The number of esters is 1. The second kappa shape index (κ2) is 4.54. The van der Waals surface area contributed by atoms with Gasteiger partial charge in [0.05, 0.1) is 29.2 Å². The Morgan fingerprint density at radius 3 is 3.00 bits per heavy atom. The number of aromatic nitrogens is 3. The van der Waals surface area contributed by atoms with Crippen molar-refractivity contribution in [1.82, 2.24) is 14.8 Å². The van der Waals surface area contributed by atoms with Gasteiger partial charge >= 0.3 is 5.97 Å². The Morgan fingerprint density at radius 2 is 2.35 bits per heavy atom. The molecule has 0 amide bonds. The average Bonchev–Trinajstić information content (AvgIpc) is 2.71. The van der Waals surface area contributed by atoms with E-state index < -0.39 is 5.97 Å². The normalized spacial score (nSPS) is 10.2. The molecule has 6 nitrogen and oxygen atoms in total. The van der Waals surface area contributed by atoms with Crippen molar-refractivity contribution in [3.8, 4) is 5.69 Å². The number of methoxy groups -OCH3 is 1. The van der Waals surface area contributed by atoms with Gasteiger partial charge in [-0.1, -0.05) is 0 Å². The van der Waals surface area contributed by atoms with Gasteiger partial charge in [-0.2, -0.15) is 5.10 Å². The van der Waals surface area contributed by atoms with E-state index in [1.54, 1.807) is 24.7 Å². The minimum atomic E-state index is -0.563. The van der Waals surface area contributed by atoms with Crippen LogP contribution in [-0.4, -0.2) is 27.8 Å². The first kappa shape index (κ1) is 11.6. The number of nitrogen functional groups attached to an aromatic ring is 1. The van der Waals surface area contributed by atoms with Crippen molar-refractivity contribution in [2.45, 2.75) is 0 Å². The molecule has 0 aliphatic heterocycles.